The normalized spacial score (nSPS) is 14.1. The van der Waals surface area contributed by atoms with Crippen LogP contribution >= 0.6 is 0 Å². The topological polar surface area (TPSA) is 53.9 Å². The van der Waals surface area contributed by atoms with Gasteiger partial charge in [-0.2, -0.15) is 18.3 Å². The standard InChI is InChI=1S/C20H20F3N3O2/c1-12-9-16(10-13(2)19(12)28-14(3)27)24-18-7-8-26(25-18)17-6-4-5-15(11-17)20(21,22)23/h4-6,9-11H,7-8H2,1-3H3,(H,24,25). The molecule has 28 heavy (non-hydrogen) atoms. The maximum absolute atomic E-state index is 12.9. The Kier molecular flexibility index (Phi) is 5.31. The smallest absolute Gasteiger partial charge is 0.416 e. The van der Waals surface area contributed by atoms with Crippen molar-refractivity contribution in [3.05, 3.63) is 53.1 Å². The Hall–Kier alpha value is -3.03. The Balaban J connectivity index is 1.77. The van der Waals surface area contributed by atoms with Crippen molar-refractivity contribution in [3.8, 4) is 5.75 Å². The van der Waals surface area contributed by atoms with Crippen LogP contribution in [0, 0.1) is 13.8 Å². The van der Waals surface area contributed by atoms with Crippen LogP contribution in [0.4, 0.5) is 24.5 Å². The van der Waals surface area contributed by atoms with Crippen LogP contribution in [0.25, 0.3) is 0 Å². The molecule has 0 atom stereocenters. The number of anilines is 2. The molecule has 0 saturated carbocycles. The Morgan fingerprint density at radius 2 is 1.86 bits per heavy atom. The minimum atomic E-state index is -4.39. The van der Waals surface area contributed by atoms with Crippen LogP contribution in [0.1, 0.15) is 30.0 Å². The molecule has 0 bridgehead atoms. The van der Waals surface area contributed by atoms with Crippen LogP contribution in [-0.2, 0) is 11.0 Å². The van der Waals surface area contributed by atoms with Gasteiger partial charge in [-0.25, -0.2) is 0 Å². The van der Waals surface area contributed by atoms with E-state index >= 15 is 0 Å². The molecule has 0 aromatic heterocycles. The Bertz CT molecular complexity index is 916. The predicted octanol–water partition coefficient (Wildman–Crippen LogP) is 4.88. The molecule has 8 heteroatoms. The molecule has 0 amide bonds. The van der Waals surface area contributed by atoms with Crippen molar-refractivity contribution in [1.82, 2.24) is 0 Å². The van der Waals surface area contributed by atoms with Gasteiger partial charge in [0.05, 0.1) is 11.3 Å². The van der Waals surface area contributed by atoms with Gasteiger partial charge in [-0.3, -0.25) is 9.80 Å². The van der Waals surface area contributed by atoms with Gasteiger partial charge in [0.2, 0.25) is 0 Å². The number of aryl methyl sites for hydroxylation is 2. The number of amidine groups is 1. The summed E-state index contributed by atoms with van der Waals surface area (Å²) < 4.78 is 43.9. The maximum Gasteiger partial charge on any atom is 0.416 e. The van der Waals surface area contributed by atoms with E-state index in [9.17, 15) is 18.0 Å². The fourth-order valence-electron chi connectivity index (χ4n) is 3.07. The number of esters is 1. The lowest BCUT2D eigenvalue weighted by molar-refractivity contribution is -0.137. The van der Waals surface area contributed by atoms with Crippen molar-refractivity contribution in [2.45, 2.75) is 33.4 Å². The first-order valence-corrected chi connectivity index (χ1v) is 8.72. The number of hydrazone groups is 1. The third kappa shape index (κ3) is 4.44. The van der Waals surface area contributed by atoms with E-state index in [0.717, 1.165) is 28.9 Å². The lowest BCUT2D eigenvalue weighted by Crippen LogP contribution is -2.13. The van der Waals surface area contributed by atoms with Crippen molar-refractivity contribution in [2.24, 2.45) is 5.10 Å². The van der Waals surface area contributed by atoms with Gasteiger partial charge in [0.15, 0.2) is 0 Å². The Morgan fingerprint density at radius 1 is 1.18 bits per heavy atom. The summed E-state index contributed by atoms with van der Waals surface area (Å²) in [6.07, 6.45) is -3.82. The molecule has 1 N–H and O–H groups in total. The zero-order valence-corrected chi connectivity index (χ0v) is 15.7. The lowest BCUT2D eigenvalue weighted by atomic mass is 10.1. The molecule has 1 aliphatic rings. The average Bonchev–Trinajstić information content (AvgIpc) is 3.06. The van der Waals surface area contributed by atoms with Gasteiger partial charge in [-0.05, 0) is 55.3 Å². The molecule has 1 aliphatic heterocycles. The number of benzene rings is 2. The molecular weight excluding hydrogens is 371 g/mol. The monoisotopic (exact) mass is 391 g/mol. The molecule has 0 radical (unpaired) electrons. The number of ether oxygens (including phenoxy) is 1. The molecule has 2 aromatic carbocycles. The van der Waals surface area contributed by atoms with Crippen molar-refractivity contribution in [1.29, 1.82) is 0 Å². The average molecular weight is 391 g/mol. The summed E-state index contributed by atoms with van der Waals surface area (Å²) in [6, 6.07) is 8.78. The zero-order valence-electron chi connectivity index (χ0n) is 15.7. The minimum absolute atomic E-state index is 0.385. The number of alkyl halides is 3. The fraction of sp³-hybridized carbons (Fsp3) is 0.300. The summed E-state index contributed by atoms with van der Waals surface area (Å²) in [4.78, 5) is 11.2. The number of halogens is 3. The highest BCUT2D eigenvalue weighted by Crippen LogP contribution is 2.33. The number of hydrogen-bond donors (Lipinski definition) is 1. The fourth-order valence-corrected chi connectivity index (χ4v) is 3.07. The van der Waals surface area contributed by atoms with E-state index < -0.39 is 11.7 Å². The molecule has 0 spiro atoms. The lowest BCUT2D eigenvalue weighted by Gasteiger charge is -2.15. The van der Waals surface area contributed by atoms with E-state index in [1.807, 2.05) is 26.0 Å². The summed E-state index contributed by atoms with van der Waals surface area (Å²) in [6.45, 7) is 5.50. The second-order valence-electron chi connectivity index (χ2n) is 6.63. The van der Waals surface area contributed by atoms with Gasteiger partial charge >= 0.3 is 12.1 Å². The number of carbonyl (C=O) groups is 1. The molecule has 0 fully saturated rings. The van der Waals surface area contributed by atoms with Gasteiger partial charge in [-0.15, -0.1) is 0 Å². The molecule has 5 nitrogen and oxygen atoms in total. The molecule has 2 aromatic rings. The maximum atomic E-state index is 12.9. The summed E-state index contributed by atoms with van der Waals surface area (Å²) in [5, 5.41) is 9.13. The molecule has 0 unspecified atom stereocenters. The number of nitrogens with zero attached hydrogens (tertiary/aromatic N) is 2. The van der Waals surface area contributed by atoms with E-state index in [2.05, 4.69) is 10.4 Å². The largest absolute Gasteiger partial charge is 0.426 e. The first-order chi connectivity index (χ1) is 13.1. The highest BCUT2D eigenvalue weighted by Gasteiger charge is 2.31. The molecule has 1 heterocycles. The first kappa shape index (κ1) is 19.7. The van der Waals surface area contributed by atoms with Gasteiger partial charge in [0, 0.05) is 25.6 Å². The van der Waals surface area contributed by atoms with Gasteiger partial charge in [0.25, 0.3) is 0 Å². The second-order valence-corrected chi connectivity index (χ2v) is 6.63. The van der Waals surface area contributed by atoms with Crippen LogP contribution in [0.15, 0.2) is 41.5 Å². The SMILES string of the molecule is CC(=O)Oc1c(C)cc(NC2=NN(c3cccc(C(F)(F)F)c3)CC2)cc1C. The summed E-state index contributed by atoms with van der Waals surface area (Å²) in [7, 11) is 0. The number of carbonyl (C=O) groups excluding carboxylic acids is 1. The molecular formula is C20H20F3N3O2. The molecule has 3 rings (SSSR count). The minimum Gasteiger partial charge on any atom is -0.426 e. The third-order valence-corrected chi connectivity index (χ3v) is 4.27. The van der Waals surface area contributed by atoms with Crippen molar-refractivity contribution in [3.63, 3.8) is 0 Å². The van der Waals surface area contributed by atoms with E-state index in [1.54, 1.807) is 11.1 Å². The van der Waals surface area contributed by atoms with Crippen LogP contribution in [-0.4, -0.2) is 18.3 Å². The van der Waals surface area contributed by atoms with Gasteiger partial charge < -0.3 is 10.1 Å². The molecule has 148 valence electrons. The summed E-state index contributed by atoms with van der Waals surface area (Å²) in [5.41, 5.74) is 2.06. The Labute approximate surface area is 160 Å². The molecule has 0 saturated heterocycles. The van der Waals surface area contributed by atoms with Crippen molar-refractivity contribution < 1.29 is 22.7 Å². The van der Waals surface area contributed by atoms with Crippen molar-refractivity contribution >= 4 is 23.2 Å². The van der Waals surface area contributed by atoms with Crippen LogP contribution < -0.4 is 15.1 Å². The Morgan fingerprint density at radius 3 is 2.46 bits per heavy atom. The third-order valence-electron chi connectivity index (χ3n) is 4.27. The molecule has 0 aliphatic carbocycles. The van der Waals surface area contributed by atoms with E-state index in [4.69, 9.17) is 4.74 Å². The van der Waals surface area contributed by atoms with Gasteiger partial charge in [0.1, 0.15) is 11.6 Å². The number of hydrogen-bond acceptors (Lipinski definition) is 5. The highest BCUT2D eigenvalue weighted by molar-refractivity contribution is 5.98. The number of rotatable bonds is 3. The highest BCUT2D eigenvalue weighted by atomic mass is 19.4. The van der Waals surface area contributed by atoms with Crippen LogP contribution in [0.5, 0.6) is 5.75 Å². The van der Waals surface area contributed by atoms with Crippen LogP contribution in [0.3, 0.4) is 0 Å². The quantitative estimate of drug-likeness (QED) is 0.598. The van der Waals surface area contributed by atoms with E-state index in [-0.39, 0.29) is 5.97 Å². The predicted molar refractivity (Wildman–Crippen MR) is 102 cm³/mol. The first-order valence-electron chi connectivity index (χ1n) is 8.72. The summed E-state index contributed by atoms with van der Waals surface area (Å²) in [5.74, 6) is 0.789. The summed E-state index contributed by atoms with van der Waals surface area (Å²) >= 11 is 0. The van der Waals surface area contributed by atoms with E-state index in [1.165, 1.54) is 13.0 Å². The van der Waals surface area contributed by atoms with Crippen molar-refractivity contribution in [2.75, 3.05) is 16.9 Å². The van der Waals surface area contributed by atoms with Crippen LogP contribution in [0.2, 0.25) is 0 Å². The number of nitrogens with one attached hydrogen (secondary N) is 1. The zero-order chi connectivity index (χ0) is 20.5. The second kappa shape index (κ2) is 7.53. The van der Waals surface area contributed by atoms with E-state index in [0.29, 0.717) is 30.2 Å². The van der Waals surface area contributed by atoms with Gasteiger partial charge in [-0.1, -0.05) is 6.07 Å².